The van der Waals surface area contributed by atoms with Crippen molar-refractivity contribution in [2.45, 2.75) is 25.6 Å². The van der Waals surface area contributed by atoms with Crippen LogP contribution >= 0.6 is 0 Å². The van der Waals surface area contributed by atoms with Crippen molar-refractivity contribution in [3.63, 3.8) is 0 Å². The normalized spacial score (nSPS) is 16.9. The molecule has 1 heterocycles. The molecule has 8 heteroatoms. The number of ether oxygens (including phenoxy) is 1. The zero-order valence-corrected chi connectivity index (χ0v) is 16.5. The summed E-state index contributed by atoms with van der Waals surface area (Å²) in [5.41, 5.74) is 1.81. The van der Waals surface area contributed by atoms with E-state index in [1.54, 1.807) is 19.2 Å². The van der Waals surface area contributed by atoms with Gasteiger partial charge < -0.3 is 20.3 Å². The molecule has 0 aromatic heterocycles. The van der Waals surface area contributed by atoms with E-state index >= 15 is 0 Å². The third kappa shape index (κ3) is 5.41. The van der Waals surface area contributed by atoms with Crippen molar-refractivity contribution in [3.8, 4) is 0 Å². The van der Waals surface area contributed by atoms with Crippen molar-refractivity contribution in [2.24, 2.45) is 4.99 Å². The topological polar surface area (TPSA) is 48.9 Å². The van der Waals surface area contributed by atoms with Gasteiger partial charge in [0.25, 0.3) is 0 Å². The summed E-state index contributed by atoms with van der Waals surface area (Å²) in [5.74, 6) is -0.832. The summed E-state index contributed by atoms with van der Waals surface area (Å²) in [4.78, 5) is 6.11. The predicted molar refractivity (Wildman–Crippen MR) is 107 cm³/mol. The minimum absolute atomic E-state index is 0.0722. The molecular weight excluding hydrogens is 381 g/mol. The van der Waals surface area contributed by atoms with Crippen LogP contribution in [-0.4, -0.2) is 39.2 Å². The molecule has 3 rings (SSSR count). The van der Waals surface area contributed by atoms with Gasteiger partial charge in [0.1, 0.15) is 17.5 Å². The van der Waals surface area contributed by atoms with E-state index in [9.17, 15) is 13.2 Å². The SMILES string of the molecule is CN=C(NCc1ccc(F)c(COC)c1)NC1CCN(c2ccc(F)cc2F)C1. The number of hydrogen-bond acceptors (Lipinski definition) is 3. The lowest BCUT2D eigenvalue weighted by molar-refractivity contribution is 0.181. The van der Waals surface area contributed by atoms with Crippen LogP contribution in [0.3, 0.4) is 0 Å². The number of hydrogen-bond donors (Lipinski definition) is 2. The van der Waals surface area contributed by atoms with Crippen LogP contribution < -0.4 is 15.5 Å². The first-order valence-corrected chi connectivity index (χ1v) is 9.43. The molecular formula is C21H25F3N4O. The number of halogens is 3. The molecule has 29 heavy (non-hydrogen) atoms. The van der Waals surface area contributed by atoms with Crippen molar-refractivity contribution in [3.05, 3.63) is 65.0 Å². The first-order chi connectivity index (χ1) is 14.0. The van der Waals surface area contributed by atoms with Crippen molar-refractivity contribution in [1.29, 1.82) is 0 Å². The van der Waals surface area contributed by atoms with Crippen LogP contribution in [0.1, 0.15) is 17.5 Å². The molecule has 1 aliphatic rings. The molecule has 0 aliphatic carbocycles. The highest BCUT2D eigenvalue weighted by atomic mass is 19.1. The van der Waals surface area contributed by atoms with Gasteiger partial charge in [-0.2, -0.15) is 0 Å². The lowest BCUT2D eigenvalue weighted by atomic mass is 10.1. The Kier molecular flexibility index (Phi) is 6.98. The van der Waals surface area contributed by atoms with Gasteiger partial charge in [-0.25, -0.2) is 13.2 Å². The molecule has 0 radical (unpaired) electrons. The maximum absolute atomic E-state index is 14.0. The Morgan fingerprint density at radius 1 is 1.17 bits per heavy atom. The standard InChI is InChI=1S/C21H25F3N4O/c1-25-21(26-11-14-3-5-18(23)15(9-14)13-29-2)27-17-7-8-28(12-17)20-6-4-16(22)10-19(20)24/h3-6,9-10,17H,7-8,11-13H2,1-2H3,(H2,25,26,27). The molecule has 2 N–H and O–H groups in total. The van der Waals surface area contributed by atoms with Crippen molar-refractivity contribution < 1.29 is 17.9 Å². The van der Waals surface area contributed by atoms with E-state index < -0.39 is 11.6 Å². The van der Waals surface area contributed by atoms with E-state index in [1.165, 1.54) is 25.3 Å². The molecule has 1 atom stereocenters. The van der Waals surface area contributed by atoms with E-state index in [2.05, 4.69) is 15.6 Å². The third-order valence-corrected chi connectivity index (χ3v) is 4.87. The molecule has 0 amide bonds. The van der Waals surface area contributed by atoms with Gasteiger partial charge in [0.15, 0.2) is 5.96 Å². The molecule has 5 nitrogen and oxygen atoms in total. The summed E-state index contributed by atoms with van der Waals surface area (Å²) in [6, 6.07) is 8.59. The molecule has 2 aromatic rings. The number of anilines is 1. The Bertz CT molecular complexity index is 875. The minimum atomic E-state index is -0.584. The van der Waals surface area contributed by atoms with Gasteiger partial charge >= 0.3 is 0 Å². The van der Waals surface area contributed by atoms with Crippen LogP contribution in [0.4, 0.5) is 18.9 Å². The molecule has 1 aliphatic heterocycles. The highest BCUT2D eigenvalue weighted by molar-refractivity contribution is 5.80. The minimum Gasteiger partial charge on any atom is -0.380 e. The second-order valence-corrected chi connectivity index (χ2v) is 6.96. The third-order valence-electron chi connectivity index (χ3n) is 4.87. The number of methoxy groups -OCH3 is 1. The summed E-state index contributed by atoms with van der Waals surface area (Å²) >= 11 is 0. The maximum Gasteiger partial charge on any atom is 0.191 e. The van der Waals surface area contributed by atoms with Crippen LogP contribution in [0, 0.1) is 17.5 Å². The molecule has 0 spiro atoms. The van der Waals surface area contributed by atoms with Gasteiger partial charge in [0.05, 0.1) is 12.3 Å². The Labute approximate surface area is 168 Å². The van der Waals surface area contributed by atoms with Gasteiger partial charge in [0.2, 0.25) is 0 Å². The fourth-order valence-corrected chi connectivity index (χ4v) is 3.41. The molecule has 0 bridgehead atoms. The van der Waals surface area contributed by atoms with E-state index in [1.807, 2.05) is 4.90 Å². The van der Waals surface area contributed by atoms with Crippen LogP contribution in [0.5, 0.6) is 0 Å². The molecule has 156 valence electrons. The first kappa shape index (κ1) is 21.0. The van der Waals surface area contributed by atoms with Crippen LogP contribution in [0.25, 0.3) is 0 Å². The van der Waals surface area contributed by atoms with Gasteiger partial charge in [-0.05, 0) is 36.2 Å². The largest absolute Gasteiger partial charge is 0.380 e. The van der Waals surface area contributed by atoms with E-state index in [4.69, 9.17) is 4.74 Å². The number of guanidine groups is 1. The Morgan fingerprint density at radius 3 is 2.72 bits per heavy atom. The number of aliphatic imine (C=N–C) groups is 1. The summed E-state index contributed by atoms with van der Waals surface area (Å²) in [7, 11) is 3.20. The highest BCUT2D eigenvalue weighted by Crippen LogP contribution is 2.24. The van der Waals surface area contributed by atoms with Gasteiger partial charge in [-0.15, -0.1) is 0 Å². The fourth-order valence-electron chi connectivity index (χ4n) is 3.41. The lowest BCUT2D eigenvalue weighted by Gasteiger charge is -2.21. The van der Waals surface area contributed by atoms with E-state index in [0.29, 0.717) is 36.8 Å². The van der Waals surface area contributed by atoms with Crippen molar-refractivity contribution in [1.82, 2.24) is 10.6 Å². The predicted octanol–water partition coefficient (Wildman–Crippen LogP) is 3.19. The number of rotatable bonds is 6. The maximum atomic E-state index is 14.0. The van der Waals surface area contributed by atoms with E-state index in [0.717, 1.165) is 18.1 Å². The van der Waals surface area contributed by atoms with Crippen molar-refractivity contribution >= 4 is 11.6 Å². The second-order valence-electron chi connectivity index (χ2n) is 6.96. The molecule has 0 saturated carbocycles. The van der Waals surface area contributed by atoms with Crippen LogP contribution in [-0.2, 0) is 17.9 Å². The first-order valence-electron chi connectivity index (χ1n) is 9.43. The van der Waals surface area contributed by atoms with Crippen LogP contribution in [0.2, 0.25) is 0 Å². The summed E-state index contributed by atoms with van der Waals surface area (Å²) in [5, 5.41) is 6.53. The smallest absolute Gasteiger partial charge is 0.191 e. The quantitative estimate of drug-likeness (QED) is 0.572. The van der Waals surface area contributed by atoms with Gasteiger partial charge in [-0.3, -0.25) is 4.99 Å². The van der Waals surface area contributed by atoms with Crippen LogP contribution in [0.15, 0.2) is 41.4 Å². The Balaban J connectivity index is 1.55. The monoisotopic (exact) mass is 406 g/mol. The molecule has 1 saturated heterocycles. The fraction of sp³-hybridized carbons (Fsp3) is 0.381. The molecule has 1 unspecified atom stereocenters. The molecule has 2 aromatic carbocycles. The molecule has 1 fully saturated rings. The van der Waals surface area contributed by atoms with E-state index in [-0.39, 0.29) is 18.5 Å². The Morgan fingerprint density at radius 2 is 2.00 bits per heavy atom. The zero-order valence-electron chi connectivity index (χ0n) is 16.5. The average Bonchev–Trinajstić information content (AvgIpc) is 3.15. The second kappa shape index (κ2) is 9.65. The van der Waals surface area contributed by atoms with Gasteiger partial charge in [-0.1, -0.05) is 6.07 Å². The number of benzene rings is 2. The zero-order chi connectivity index (χ0) is 20.8. The number of nitrogens with zero attached hydrogens (tertiary/aromatic N) is 2. The summed E-state index contributed by atoms with van der Waals surface area (Å²) < 4.78 is 45.9. The number of nitrogens with one attached hydrogen (secondary N) is 2. The summed E-state index contributed by atoms with van der Waals surface area (Å²) in [6.45, 7) is 1.93. The average molecular weight is 406 g/mol. The van der Waals surface area contributed by atoms with Gasteiger partial charge in [0, 0.05) is 51.5 Å². The summed E-state index contributed by atoms with van der Waals surface area (Å²) in [6.07, 6.45) is 0.798. The Hall–Kier alpha value is -2.74. The van der Waals surface area contributed by atoms with Crippen molar-refractivity contribution in [2.75, 3.05) is 32.1 Å². The highest BCUT2D eigenvalue weighted by Gasteiger charge is 2.25. The lowest BCUT2D eigenvalue weighted by Crippen LogP contribution is -2.44.